The average Bonchev–Trinajstić information content (AvgIpc) is 3.23. The molecule has 0 amide bonds. The Labute approximate surface area is 143 Å². The summed E-state index contributed by atoms with van der Waals surface area (Å²) in [6.45, 7) is 0. The Bertz CT molecular complexity index is 685. The van der Waals surface area contributed by atoms with Gasteiger partial charge in [0, 0.05) is 21.8 Å². The summed E-state index contributed by atoms with van der Waals surface area (Å²) in [5.41, 5.74) is 2.71. The first-order valence-corrected chi connectivity index (χ1v) is 9.71. The van der Waals surface area contributed by atoms with E-state index in [1.54, 1.807) is 7.11 Å². The molecule has 3 nitrogen and oxygen atoms in total. The van der Waals surface area contributed by atoms with Crippen LogP contribution in [0.1, 0.15) is 42.7 Å². The molecule has 0 spiro atoms. The monoisotopic (exact) mass is 410 g/mol. The second-order valence-corrected chi connectivity index (χ2v) is 8.23. The van der Waals surface area contributed by atoms with Crippen molar-refractivity contribution in [2.24, 2.45) is 11.8 Å². The Morgan fingerprint density at radius 3 is 3.09 bits per heavy atom. The zero-order valence-corrected chi connectivity index (χ0v) is 14.8. The summed E-state index contributed by atoms with van der Waals surface area (Å²) in [4.78, 5) is 12.7. The van der Waals surface area contributed by atoms with Crippen LogP contribution in [0, 0.1) is 11.8 Å². The van der Waals surface area contributed by atoms with Gasteiger partial charge in [0.05, 0.1) is 7.11 Å². The van der Waals surface area contributed by atoms with Crippen molar-refractivity contribution in [1.82, 2.24) is 0 Å². The van der Waals surface area contributed by atoms with Gasteiger partial charge in [0.25, 0.3) is 0 Å². The van der Waals surface area contributed by atoms with E-state index in [2.05, 4.69) is 28.7 Å². The number of alkyl halides is 1. The molecule has 5 atom stereocenters. The number of halogens is 1. The largest absolute Gasteiger partial charge is 0.493 e. The van der Waals surface area contributed by atoms with Crippen LogP contribution in [-0.4, -0.2) is 23.4 Å². The number of methoxy groups -OCH3 is 1. The van der Waals surface area contributed by atoms with E-state index in [9.17, 15) is 4.79 Å². The molecular formula is C18H19IO3. The lowest BCUT2D eigenvalue weighted by molar-refractivity contribution is -0.133. The molecule has 1 aromatic rings. The van der Waals surface area contributed by atoms with Crippen molar-refractivity contribution in [3.8, 4) is 11.5 Å². The minimum Gasteiger partial charge on any atom is -0.493 e. The Morgan fingerprint density at radius 1 is 1.45 bits per heavy atom. The van der Waals surface area contributed by atoms with Crippen LogP contribution in [0.25, 0.3) is 0 Å². The topological polar surface area (TPSA) is 35.5 Å². The Morgan fingerprint density at radius 2 is 2.32 bits per heavy atom. The van der Waals surface area contributed by atoms with Crippen molar-refractivity contribution in [3.63, 3.8) is 0 Å². The van der Waals surface area contributed by atoms with Gasteiger partial charge in [0.2, 0.25) is 0 Å². The Balaban J connectivity index is 1.82. The maximum atomic E-state index is 12.7. The number of benzene rings is 1. The molecule has 116 valence electrons. The van der Waals surface area contributed by atoms with Crippen molar-refractivity contribution in [2.75, 3.05) is 11.5 Å². The van der Waals surface area contributed by atoms with Crippen LogP contribution in [0.15, 0.2) is 12.1 Å². The molecule has 0 radical (unpaired) electrons. The maximum Gasteiger partial charge on any atom is 0.174 e. The van der Waals surface area contributed by atoms with Crippen LogP contribution in [0.2, 0.25) is 0 Å². The van der Waals surface area contributed by atoms with Gasteiger partial charge in [0.15, 0.2) is 23.4 Å². The number of hydrogen-bond acceptors (Lipinski definition) is 3. The summed E-state index contributed by atoms with van der Waals surface area (Å²) in [7, 11) is 1.69. The summed E-state index contributed by atoms with van der Waals surface area (Å²) >= 11 is 2.45. The fraction of sp³-hybridized carbons (Fsp3) is 0.611. The number of ether oxygens (including phenoxy) is 2. The van der Waals surface area contributed by atoms with Crippen molar-refractivity contribution < 1.29 is 14.3 Å². The van der Waals surface area contributed by atoms with Crippen LogP contribution in [0.4, 0.5) is 0 Å². The summed E-state index contributed by atoms with van der Waals surface area (Å²) in [5.74, 6) is 4.06. The highest BCUT2D eigenvalue weighted by molar-refractivity contribution is 14.1. The standard InChI is InChI=1S/C18H19IO3/c1-21-14-5-2-9-10-8-11(10)12-3-4-13(20)17-18(12,6-7-19)15(9)16(14)22-17/h2,5,10-12,17H,3-4,6-8H2,1H3/t10?,11-,12?,17+,18+/m0/s1. The van der Waals surface area contributed by atoms with E-state index < -0.39 is 0 Å². The molecule has 0 bridgehead atoms. The normalized spacial score (nSPS) is 39.8. The molecule has 0 saturated heterocycles. The lowest BCUT2D eigenvalue weighted by atomic mass is 9.55. The minimum absolute atomic E-state index is 0.0760. The molecule has 1 aromatic carbocycles. The molecule has 4 heteroatoms. The fourth-order valence-corrected chi connectivity index (χ4v) is 6.52. The first-order valence-electron chi connectivity index (χ1n) is 8.19. The van der Waals surface area contributed by atoms with Gasteiger partial charge in [-0.2, -0.15) is 0 Å². The summed E-state index contributed by atoms with van der Waals surface area (Å²) < 4.78 is 12.9. The molecule has 0 aromatic heterocycles. The Hall–Kier alpha value is -0.780. The van der Waals surface area contributed by atoms with Gasteiger partial charge in [-0.15, -0.1) is 0 Å². The second kappa shape index (κ2) is 4.40. The lowest BCUT2D eigenvalue weighted by Gasteiger charge is -2.47. The predicted molar refractivity (Wildman–Crippen MR) is 91.2 cm³/mol. The molecular weight excluding hydrogens is 391 g/mol. The van der Waals surface area contributed by atoms with Crippen molar-refractivity contribution in [2.45, 2.75) is 43.1 Å². The highest BCUT2D eigenvalue weighted by Gasteiger charge is 2.68. The molecule has 2 saturated carbocycles. The number of carbonyl (C=O) groups excluding carboxylic acids is 1. The van der Waals surface area contributed by atoms with E-state index in [0.29, 0.717) is 24.0 Å². The van der Waals surface area contributed by atoms with E-state index in [1.807, 2.05) is 6.07 Å². The molecule has 4 aliphatic rings. The first-order chi connectivity index (χ1) is 10.7. The quantitative estimate of drug-likeness (QED) is 0.564. The number of carbonyl (C=O) groups is 1. The second-order valence-electron chi connectivity index (χ2n) is 7.16. The average molecular weight is 410 g/mol. The molecule has 5 rings (SSSR count). The number of fused-ring (bicyclic) bond motifs is 3. The van der Waals surface area contributed by atoms with E-state index in [-0.39, 0.29) is 11.5 Å². The van der Waals surface area contributed by atoms with E-state index in [0.717, 1.165) is 34.7 Å². The number of Topliss-reactive ketones (excluding diaryl/α,β-unsaturated/α-hetero) is 1. The first kappa shape index (κ1) is 13.6. The van der Waals surface area contributed by atoms with Crippen LogP contribution in [0.5, 0.6) is 11.5 Å². The third kappa shape index (κ3) is 1.41. The predicted octanol–water partition coefficient (Wildman–Crippen LogP) is 3.62. The maximum absolute atomic E-state index is 12.7. The van der Waals surface area contributed by atoms with Gasteiger partial charge in [0.1, 0.15) is 0 Å². The van der Waals surface area contributed by atoms with E-state index in [4.69, 9.17) is 9.47 Å². The minimum atomic E-state index is -0.271. The zero-order chi connectivity index (χ0) is 15.1. The van der Waals surface area contributed by atoms with Gasteiger partial charge in [-0.1, -0.05) is 28.7 Å². The van der Waals surface area contributed by atoms with Gasteiger partial charge < -0.3 is 9.47 Å². The van der Waals surface area contributed by atoms with Gasteiger partial charge >= 0.3 is 0 Å². The lowest BCUT2D eigenvalue weighted by Crippen LogP contribution is -2.54. The molecule has 1 heterocycles. The van der Waals surface area contributed by atoms with Crippen LogP contribution in [-0.2, 0) is 10.2 Å². The van der Waals surface area contributed by atoms with Gasteiger partial charge in [-0.25, -0.2) is 0 Å². The third-order valence-corrected chi connectivity index (χ3v) is 7.00. The fourth-order valence-electron chi connectivity index (χ4n) is 5.63. The number of hydrogen-bond donors (Lipinski definition) is 0. The third-order valence-electron chi connectivity index (χ3n) is 6.46. The number of ketones is 1. The molecule has 22 heavy (non-hydrogen) atoms. The van der Waals surface area contributed by atoms with Crippen molar-refractivity contribution >= 4 is 28.4 Å². The molecule has 2 unspecified atom stereocenters. The SMILES string of the molecule is COc1ccc2c3c1O[C@@H]1C(=O)CCC([C@H]4CC24)[C@]31CCI. The van der Waals surface area contributed by atoms with Crippen LogP contribution < -0.4 is 9.47 Å². The Kier molecular flexibility index (Phi) is 2.73. The molecule has 1 aliphatic heterocycles. The van der Waals surface area contributed by atoms with Gasteiger partial charge in [-0.05, 0) is 48.6 Å². The molecule has 3 aliphatic carbocycles. The highest BCUT2D eigenvalue weighted by atomic mass is 127. The van der Waals surface area contributed by atoms with Crippen molar-refractivity contribution in [3.05, 3.63) is 23.3 Å². The highest BCUT2D eigenvalue weighted by Crippen LogP contribution is 2.71. The summed E-state index contributed by atoms with van der Waals surface area (Å²) in [6, 6.07) is 4.27. The van der Waals surface area contributed by atoms with E-state index >= 15 is 0 Å². The molecule has 2 fully saturated rings. The van der Waals surface area contributed by atoms with E-state index in [1.165, 1.54) is 17.5 Å². The van der Waals surface area contributed by atoms with Crippen LogP contribution >= 0.6 is 22.6 Å². The summed E-state index contributed by atoms with van der Waals surface area (Å²) in [6.07, 6.45) is 3.81. The zero-order valence-electron chi connectivity index (χ0n) is 12.6. The van der Waals surface area contributed by atoms with Crippen LogP contribution in [0.3, 0.4) is 0 Å². The van der Waals surface area contributed by atoms with Crippen molar-refractivity contribution in [1.29, 1.82) is 0 Å². The molecule has 0 N–H and O–H groups in total. The summed E-state index contributed by atoms with van der Waals surface area (Å²) in [5, 5.41) is 0. The smallest absolute Gasteiger partial charge is 0.174 e. The van der Waals surface area contributed by atoms with Gasteiger partial charge in [-0.3, -0.25) is 4.79 Å². The number of rotatable bonds is 3.